The Morgan fingerprint density at radius 3 is 2.78 bits per heavy atom. The maximum Gasteiger partial charge on any atom is 0.220 e. The summed E-state index contributed by atoms with van der Waals surface area (Å²) in [5.74, 6) is 0.0395. The zero-order valence-corrected chi connectivity index (χ0v) is 10.9. The van der Waals surface area contributed by atoms with Crippen LogP contribution in [0.5, 0.6) is 0 Å². The van der Waals surface area contributed by atoms with Gasteiger partial charge in [-0.3, -0.25) is 4.79 Å². The lowest BCUT2D eigenvalue weighted by molar-refractivity contribution is -0.122. The van der Waals surface area contributed by atoms with Gasteiger partial charge in [-0.05, 0) is 43.5 Å². The largest absolute Gasteiger partial charge is 0.350 e. The zero-order chi connectivity index (χ0) is 13.5. The van der Waals surface area contributed by atoms with Crippen LogP contribution in [0.1, 0.15) is 38.3 Å². The van der Waals surface area contributed by atoms with Crippen LogP contribution in [0.15, 0.2) is 24.3 Å². The second kappa shape index (κ2) is 7.11. The minimum atomic E-state index is -0.287. The summed E-state index contributed by atoms with van der Waals surface area (Å²) in [6.45, 7) is 4.45. The highest BCUT2D eigenvalue weighted by molar-refractivity contribution is 5.76. The molecule has 100 valence electrons. The van der Waals surface area contributed by atoms with Crippen LogP contribution in [0.2, 0.25) is 0 Å². The molecule has 0 heterocycles. The Hall–Kier alpha value is -1.42. The van der Waals surface area contributed by atoms with Gasteiger partial charge in [-0.1, -0.05) is 19.1 Å². The molecule has 18 heavy (non-hydrogen) atoms. The molecular formula is C14H21FN2O. The van der Waals surface area contributed by atoms with Crippen LogP contribution >= 0.6 is 0 Å². The molecule has 0 aromatic heterocycles. The van der Waals surface area contributed by atoms with Crippen molar-refractivity contribution in [2.24, 2.45) is 11.7 Å². The average molecular weight is 252 g/mol. The molecule has 0 bridgehead atoms. The van der Waals surface area contributed by atoms with E-state index in [0.717, 1.165) is 12.0 Å². The quantitative estimate of drug-likeness (QED) is 0.816. The van der Waals surface area contributed by atoms with Gasteiger partial charge in [-0.25, -0.2) is 4.39 Å². The molecule has 3 nitrogen and oxygen atoms in total. The van der Waals surface area contributed by atoms with Crippen molar-refractivity contribution in [2.45, 2.75) is 32.7 Å². The minimum Gasteiger partial charge on any atom is -0.350 e. The molecule has 0 aliphatic carbocycles. The second-order valence-corrected chi connectivity index (χ2v) is 4.72. The van der Waals surface area contributed by atoms with E-state index in [1.165, 1.54) is 12.1 Å². The fourth-order valence-corrected chi connectivity index (χ4v) is 1.67. The van der Waals surface area contributed by atoms with Crippen molar-refractivity contribution in [3.05, 3.63) is 35.6 Å². The van der Waals surface area contributed by atoms with Crippen molar-refractivity contribution in [1.82, 2.24) is 5.32 Å². The molecule has 0 aliphatic rings. The summed E-state index contributed by atoms with van der Waals surface area (Å²) in [5.41, 5.74) is 6.27. The maximum atomic E-state index is 13.0. The summed E-state index contributed by atoms with van der Waals surface area (Å²) in [5, 5.41) is 2.86. The molecular weight excluding hydrogens is 231 g/mol. The summed E-state index contributed by atoms with van der Waals surface area (Å²) in [4.78, 5) is 11.7. The van der Waals surface area contributed by atoms with Gasteiger partial charge in [-0.2, -0.15) is 0 Å². The number of hydrogen-bond acceptors (Lipinski definition) is 2. The first-order valence-electron chi connectivity index (χ1n) is 6.27. The van der Waals surface area contributed by atoms with Crippen molar-refractivity contribution in [2.75, 3.05) is 6.54 Å². The molecule has 2 unspecified atom stereocenters. The van der Waals surface area contributed by atoms with Gasteiger partial charge in [0, 0.05) is 6.42 Å². The Kier molecular flexibility index (Phi) is 5.78. The average Bonchev–Trinajstić information content (AvgIpc) is 2.35. The van der Waals surface area contributed by atoms with Crippen LogP contribution < -0.4 is 11.1 Å². The topological polar surface area (TPSA) is 55.1 Å². The van der Waals surface area contributed by atoms with Crippen LogP contribution in [-0.2, 0) is 4.79 Å². The molecule has 3 N–H and O–H groups in total. The fraction of sp³-hybridized carbons (Fsp3) is 0.500. The lowest BCUT2D eigenvalue weighted by atomic mass is 10.0. The molecule has 0 aliphatic heterocycles. The summed E-state index contributed by atoms with van der Waals surface area (Å²) < 4.78 is 13.0. The smallest absolute Gasteiger partial charge is 0.220 e. The highest BCUT2D eigenvalue weighted by Gasteiger charge is 2.11. The monoisotopic (exact) mass is 252 g/mol. The Morgan fingerprint density at radius 2 is 2.17 bits per heavy atom. The summed E-state index contributed by atoms with van der Waals surface area (Å²) in [7, 11) is 0. The van der Waals surface area contributed by atoms with Crippen LogP contribution in [0.3, 0.4) is 0 Å². The zero-order valence-electron chi connectivity index (χ0n) is 10.9. The number of nitrogens with one attached hydrogen (secondary N) is 1. The third-order valence-corrected chi connectivity index (χ3v) is 2.99. The lowest BCUT2D eigenvalue weighted by Crippen LogP contribution is -2.27. The summed E-state index contributed by atoms with van der Waals surface area (Å²) in [6.07, 6.45) is 1.23. The van der Waals surface area contributed by atoms with E-state index in [2.05, 4.69) is 5.32 Å². The van der Waals surface area contributed by atoms with Crippen molar-refractivity contribution in [3.8, 4) is 0 Å². The SMILES string of the molecule is CC(CN)CCC(=O)NC(C)c1cccc(F)c1. The van der Waals surface area contributed by atoms with E-state index in [9.17, 15) is 9.18 Å². The maximum absolute atomic E-state index is 13.0. The fourth-order valence-electron chi connectivity index (χ4n) is 1.67. The van der Waals surface area contributed by atoms with Crippen LogP contribution in [0, 0.1) is 11.7 Å². The van der Waals surface area contributed by atoms with E-state index < -0.39 is 0 Å². The first kappa shape index (κ1) is 14.6. The van der Waals surface area contributed by atoms with Gasteiger partial charge in [0.1, 0.15) is 5.82 Å². The van der Waals surface area contributed by atoms with E-state index >= 15 is 0 Å². The standard InChI is InChI=1S/C14H21FN2O/c1-10(9-16)6-7-14(18)17-11(2)12-4-3-5-13(15)8-12/h3-5,8,10-11H,6-7,9,16H2,1-2H3,(H,17,18). The van der Waals surface area contributed by atoms with Crippen molar-refractivity contribution >= 4 is 5.91 Å². The van der Waals surface area contributed by atoms with E-state index in [1.54, 1.807) is 12.1 Å². The Morgan fingerprint density at radius 1 is 1.44 bits per heavy atom. The van der Waals surface area contributed by atoms with E-state index in [0.29, 0.717) is 18.9 Å². The minimum absolute atomic E-state index is 0.0212. The van der Waals surface area contributed by atoms with Crippen LogP contribution in [-0.4, -0.2) is 12.5 Å². The predicted octanol–water partition coefficient (Wildman–Crippen LogP) is 2.38. The number of rotatable bonds is 6. The number of carbonyl (C=O) groups excluding carboxylic acids is 1. The molecule has 1 aromatic rings. The number of hydrogen-bond donors (Lipinski definition) is 2. The summed E-state index contributed by atoms with van der Waals surface area (Å²) in [6, 6.07) is 6.09. The molecule has 0 spiro atoms. The van der Waals surface area contributed by atoms with E-state index in [4.69, 9.17) is 5.73 Å². The second-order valence-electron chi connectivity index (χ2n) is 4.72. The Balaban J connectivity index is 2.44. The number of amides is 1. The Bertz CT molecular complexity index is 395. The van der Waals surface area contributed by atoms with Gasteiger partial charge in [-0.15, -0.1) is 0 Å². The molecule has 0 radical (unpaired) electrons. The molecule has 4 heteroatoms. The normalized spacial score (nSPS) is 14.0. The van der Waals surface area contributed by atoms with Gasteiger partial charge < -0.3 is 11.1 Å². The number of nitrogens with two attached hydrogens (primary N) is 1. The van der Waals surface area contributed by atoms with Gasteiger partial charge >= 0.3 is 0 Å². The number of benzene rings is 1. The van der Waals surface area contributed by atoms with Crippen LogP contribution in [0.4, 0.5) is 4.39 Å². The summed E-state index contributed by atoms with van der Waals surface area (Å²) >= 11 is 0. The first-order valence-corrected chi connectivity index (χ1v) is 6.27. The van der Waals surface area contributed by atoms with Crippen molar-refractivity contribution in [1.29, 1.82) is 0 Å². The predicted molar refractivity (Wildman–Crippen MR) is 70.4 cm³/mol. The molecule has 1 aromatic carbocycles. The molecule has 1 rings (SSSR count). The van der Waals surface area contributed by atoms with Crippen LogP contribution in [0.25, 0.3) is 0 Å². The highest BCUT2D eigenvalue weighted by Crippen LogP contribution is 2.14. The van der Waals surface area contributed by atoms with Gasteiger partial charge in [0.2, 0.25) is 5.91 Å². The third kappa shape index (κ3) is 4.84. The van der Waals surface area contributed by atoms with E-state index in [-0.39, 0.29) is 17.8 Å². The van der Waals surface area contributed by atoms with E-state index in [1.807, 2.05) is 13.8 Å². The van der Waals surface area contributed by atoms with Crippen molar-refractivity contribution < 1.29 is 9.18 Å². The molecule has 1 amide bonds. The van der Waals surface area contributed by atoms with Gasteiger partial charge in [0.25, 0.3) is 0 Å². The molecule has 2 atom stereocenters. The van der Waals surface area contributed by atoms with Crippen molar-refractivity contribution in [3.63, 3.8) is 0 Å². The molecule has 0 saturated carbocycles. The third-order valence-electron chi connectivity index (χ3n) is 2.99. The van der Waals surface area contributed by atoms with Gasteiger partial charge in [0.05, 0.1) is 6.04 Å². The number of halogens is 1. The highest BCUT2D eigenvalue weighted by atomic mass is 19.1. The van der Waals surface area contributed by atoms with Gasteiger partial charge in [0.15, 0.2) is 0 Å². The molecule has 0 fully saturated rings. The first-order chi connectivity index (χ1) is 8.52. The Labute approximate surface area is 108 Å². The molecule has 0 saturated heterocycles. The lowest BCUT2D eigenvalue weighted by Gasteiger charge is -2.15. The number of carbonyl (C=O) groups is 1.